The van der Waals surface area contributed by atoms with Crippen molar-refractivity contribution in [2.24, 2.45) is 0 Å². The maximum atomic E-state index is 12.4. The molecule has 0 aromatic heterocycles. The first kappa shape index (κ1) is 14.0. The molecule has 1 aliphatic heterocycles. The van der Waals surface area contributed by atoms with Crippen molar-refractivity contribution < 1.29 is 13.5 Å². The van der Waals surface area contributed by atoms with Crippen molar-refractivity contribution in [1.82, 2.24) is 4.31 Å². The van der Waals surface area contributed by atoms with E-state index in [9.17, 15) is 13.5 Å². The Bertz CT molecular complexity index is 575. The van der Waals surface area contributed by atoms with E-state index >= 15 is 0 Å². The zero-order valence-electron chi connectivity index (χ0n) is 10.5. The number of rotatable bonds is 3. The van der Waals surface area contributed by atoms with Gasteiger partial charge < -0.3 is 5.11 Å². The third-order valence-corrected chi connectivity index (χ3v) is 5.08. The number of nitriles is 1. The van der Waals surface area contributed by atoms with Crippen LogP contribution in [0.4, 0.5) is 0 Å². The highest BCUT2D eigenvalue weighted by Crippen LogP contribution is 2.21. The molecule has 19 heavy (non-hydrogen) atoms. The number of sulfonamides is 1. The second kappa shape index (κ2) is 5.70. The number of nitrogens with zero attached hydrogens (tertiary/aromatic N) is 2. The SMILES string of the molecule is N#CCc1ccc(S(=O)(=O)N2CCCC(O)C2)cc1. The molecule has 1 saturated heterocycles. The third kappa shape index (κ3) is 3.13. The molecule has 0 saturated carbocycles. The lowest BCUT2D eigenvalue weighted by Gasteiger charge is -2.29. The maximum Gasteiger partial charge on any atom is 0.243 e. The minimum atomic E-state index is -3.54. The highest BCUT2D eigenvalue weighted by molar-refractivity contribution is 7.89. The van der Waals surface area contributed by atoms with Crippen LogP contribution in [0.3, 0.4) is 0 Å². The molecule has 1 aromatic rings. The second-order valence-corrected chi connectivity index (χ2v) is 6.58. The highest BCUT2D eigenvalue weighted by atomic mass is 32.2. The van der Waals surface area contributed by atoms with Gasteiger partial charge in [0.1, 0.15) is 0 Å². The van der Waals surface area contributed by atoms with E-state index in [1.807, 2.05) is 6.07 Å². The summed E-state index contributed by atoms with van der Waals surface area (Å²) < 4.78 is 26.0. The summed E-state index contributed by atoms with van der Waals surface area (Å²) in [5.41, 5.74) is 0.792. The van der Waals surface area contributed by atoms with Crippen molar-refractivity contribution >= 4 is 10.0 Å². The molecule has 0 radical (unpaired) electrons. The monoisotopic (exact) mass is 280 g/mol. The maximum absolute atomic E-state index is 12.4. The molecule has 0 aliphatic carbocycles. The van der Waals surface area contributed by atoms with E-state index in [-0.39, 0.29) is 17.9 Å². The van der Waals surface area contributed by atoms with Crippen LogP contribution in [0.1, 0.15) is 18.4 Å². The summed E-state index contributed by atoms with van der Waals surface area (Å²) in [6.45, 7) is 0.599. The van der Waals surface area contributed by atoms with Crippen LogP contribution in [0.2, 0.25) is 0 Å². The van der Waals surface area contributed by atoms with Crippen LogP contribution in [-0.4, -0.2) is 37.0 Å². The molecule has 1 atom stereocenters. The molecule has 1 unspecified atom stereocenters. The van der Waals surface area contributed by atoms with Gasteiger partial charge in [-0.25, -0.2) is 8.42 Å². The van der Waals surface area contributed by atoms with Crippen molar-refractivity contribution in [3.8, 4) is 6.07 Å². The Hall–Kier alpha value is -1.42. The molecule has 5 nitrogen and oxygen atoms in total. The third-order valence-electron chi connectivity index (χ3n) is 3.20. The predicted molar refractivity (Wildman–Crippen MR) is 69.8 cm³/mol. The molecule has 2 rings (SSSR count). The van der Waals surface area contributed by atoms with Crippen molar-refractivity contribution in [3.05, 3.63) is 29.8 Å². The Balaban J connectivity index is 2.21. The fourth-order valence-corrected chi connectivity index (χ4v) is 3.67. The lowest BCUT2D eigenvalue weighted by atomic mass is 10.1. The summed E-state index contributed by atoms with van der Waals surface area (Å²) in [4.78, 5) is 0.211. The largest absolute Gasteiger partial charge is 0.392 e. The molecule has 1 aliphatic rings. The summed E-state index contributed by atoms with van der Waals surface area (Å²) in [5, 5.41) is 18.1. The summed E-state index contributed by atoms with van der Waals surface area (Å²) in [6.07, 6.45) is 1.00. The van der Waals surface area contributed by atoms with E-state index < -0.39 is 16.1 Å². The number of hydrogen-bond donors (Lipinski definition) is 1. The molecule has 6 heteroatoms. The predicted octanol–water partition coefficient (Wildman–Crippen LogP) is 0.898. The minimum Gasteiger partial charge on any atom is -0.392 e. The van der Waals surface area contributed by atoms with Crippen molar-refractivity contribution in [2.45, 2.75) is 30.3 Å². The van der Waals surface area contributed by atoms with Gasteiger partial charge >= 0.3 is 0 Å². The number of hydrogen-bond acceptors (Lipinski definition) is 4. The van der Waals surface area contributed by atoms with Gasteiger partial charge in [0, 0.05) is 13.1 Å². The zero-order chi connectivity index (χ0) is 13.9. The van der Waals surface area contributed by atoms with Crippen LogP contribution in [0, 0.1) is 11.3 Å². The normalized spacial score (nSPS) is 20.9. The molecule has 0 amide bonds. The summed E-state index contributed by atoms with van der Waals surface area (Å²) in [7, 11) is -3.54. The second-order valence-electron chi connectivity index (χ2n) is 4.64. The van der Waals surface area contributed by atoms with E-state index in [1.54, 1.807) is 12.1 Å². The Kier molecular flexibility index (Phi) is 4.20. The molecule has 0 bridgehead atoms. The van der Waals surface area contributed by atoms with E-state index in [1.165, 1.54) is 16.4 Å². The lowest BCUT2D eigenvalue weighted by Crippen LogP contribution is -2.42. The molecule has 1 aromatic carbocycles. The quantitative estimate of drug-likeness (QED) is 0.892. The summed E-state index contributed by atoms with van der Waals surface area (Å²) in [6, 6.07) is 8.35. The van der Waals surface area contributed by atoms with Gasteiger partial charge in [0.25, 0.3) is 0 Å². The number of aliphatic hydroxyl groups is 1. The average Bonchev–Trinajstić information content (AvgIpc) is 2.40. The van der Waals surface area contributed by atoms with E-state index in [4.69, 9.17) is 5.26 Å². The average molecular weight is 280 g/mol. The molecule has 1 N–H and O–H groups in total. The Morgan fingerprint density at radius 2 is 2.05 bits per heavy atom. The first-order valence-electron chi connectivity index (χ1n) is 6.18. The Morgan fingerprint density at radius 3 is 2.63 bits per heavy atom. The van der Waals surface area contributed by atoms with Gasteiger partial charge in [0.15, 0.2) is 0 Å². The first-order chi connectivity index (χ1) is 9.04. The molecule has 1 fully saturated rings. The van der Waals surface area contributed by atoms with E-state index in [2.05, 4.69) is 0 Å². The number of benzene rings is 1. The van der Waals surface area contributed by atoms with Gasteiger partial charge in [0.2, 0.25) is 10.0 Å². The van der Waals surface area contributed by atoms with Gasteiger partial charge in [-0.15, -0.1) is 0 Å². The van der Waals surface area contributed by atoms with Gasteiger partial charge in [-0.1, -0.05) is 12.1 Å². The van der Waals surface area contributed by atoms with Crippen LogP contribution in [0.15, 0.2) is 29.2 Å². The van der Waals surface area contributed by atoms with Gasteiger partial charge in [-0.2, -0.15) is 9.57 Å². The van der Waals surface area contributed by atoms with Gasteiger partial charge in [0.05, 0.1) is 23.5 Å². The first-order valence-corrected chi connectivity index (χ1v) is 7.62. The molecule has 102 valence electrons. The number of β-amino-alcohol motifs (C(OH)–C–C–N with tert-alkyl or cyclic N) is 1. The van der Waals surface area contributed by atoms with Crippen molar-refractivity contribution in [1.29, 1.82) is 5.26 Å². The topological polar surface area (TPSA) is 81.4 Å². The summed E-state index contributed by atoms with van der Waals surface area (Å²) >= 11 is 0. The molecule has 0 spiro atoms. The van der Waals surface area contributed by atoms with Gasteiger partial charge in [-0.05, 0) is 30.5 Å². The van der Waals surface area contributed by atoms with Gasteiger partial charge in [-0.3, -0.25) is 0 Å². The smallest absolute Gasteiger partial charge is 0.243 e. The van der Waals surface area contributed by atoms with Crippen molar-refractivity contribution in [2.75, 3.05) is 13.1 Å². The Morgan fingerprint density at radius 1 is 1.37 bits per heavy atom. The minimum absolute atomic E-state index is 0.155. The molecular weight excluding hydrogens is 264 g/mol. The molecular formula is C13H16N2O3S. The van der Waals surface area contributed by atoms with Crippen molar-refractivity contribution in [3.63, 3.8) is 0 Å². The Labute approximate surface area is 113 Å². The number of piperidine rings is 1. The highest BCUT2D eigenvalue weighted by Gasteiger charge is 2.29. The lowest BCUT2D eigenvalue weighted by molar-refractivity contribution is 0.108. The number of aliphatic hydroxyl groups excluding tert-OH is 1. The van der Waals surface area contributed by atoms with Crippen LogP contribution in [-0.2, 0) is 16.4 Å². The van der Waals surface area contributed by atoms with Crippen LogP contribution in [0.25, 0.3) is 0 Å². The zero-order valence-corrected chi connectivity index (χ0v) is 11.3. The van der Waals surface area contributed by atoms with E-state index in [0.717, 1.165) is 5.56 Å². The van der Waals surface area contributed by atoms with Crippen LogP contribution in [0.5, 0.6) is 0 Å². The fourth-order valence-electron chi connectivity index (χ4n) is 2.16. The molecule has 1 heterocycles. The standard InChI is InChI=1S/C13H16N2O3S/c14-8-7-11-3-5-13(6-4-11)19(17,18)15-9-1-2-12(16)10-15/h3-6,12,16H,1-2,7,9-10H2. The summed E-state index contributed by atoms with van der Waals surface area (Å²) in [5.74, 6) is 0. The van der Waals surface area contributed by atoms with E-state index in [0.29, 0.717) is 19.4 Å². The van der Waals surface area contributed by atoms with Crippen LogP contribution >= 0.6 is 0 Å². The van der Waals surface area contributed by atoms with Crippen LogP contribution < -0.4 is 0 Å². The fraction of sp³-hybridized carbons (Fsp3) is 0.462.